The van der Waals surface area contributed by atoms with E-state index in [1.54, 1.807) is 12.1 Å². The first-order valence-corrected chi connectivity index (χ1v) is 7.89. The zero-order chi connectivity index (χ0) is 15.1. The van der Waals surface area contributed by atoms with Gasteiger partial charge in [-0.1, -0.05) is 36.4 Å². The minimum atomic E-state index is -0.184. The van der Waals surface area contributed by atoms with Crippen LogP contribution in [0, 0.1) is 11.7 Å². The summed E-state index contributed by atoms with van der Waals surface area (Å²) in [5.41, 5.74) is 5.04. The normalized spacial score (nSPS) is 23.5. The van der Waals surface area contributed by atoms with E-state index in [2.05, 4.69) is 29.3 Å². The fourth-order valence-electron chi connectivity index (χ4n) is 3.87. The zero-order valence-electron chi connectivity index (χ0n) is 12.7. The molecule has 2 aromatic carbocycles. The molecule has 0 saturated heterocycles. The van der Waals surface area contributed by atoms with Crippen molar-refractivity contribution in [3.05, 3.63) is 71.0 Å². The molecule has 2 atom stereocenters. The Morgan fingerprint density at radius 1 is 1.09 bits per heavy atom. The van der Waals surface area contributed by atoms with Crippen LogP contribution >= 0.6 is 0 Å². The Bertz CT molecular complexity index is 720. The highest BCUT2D eigenvalue weighted by Crippen LogP contribution is 2.41. The number of halogens is 1. The Labute approximate surface area is 130 Å². The summed E-state index contributed by atoms with van der Waals surface area (Å²) in [4.78, 5) is 0. The second-order valence-corrected chi connectivity index (χ2v) is 6.21. The number of benzene rings is 2. The minimum absolute atomic E-state index is 0.184. The largest absolute Gasteiger partial charge is 0.292 e. The van der Waals surface area contributed by atoms with E-state index in [0.717, 1.165) is 18.4 Å². The lowest BCUT2D eigenvalue weighted by atomic mass is 9.85. The smallest absolute Gasteiger partial charge is 0.123 e. The monoisotopic (exact) mass is 294 g/mol. The average molecular weight is 294 g/mol. The van der Waals surface area contributed by atoms with Crippen LogP contribution in [0.3, 0.4) is 0 Å². The van der Waals surface area contributed by atoms with Crippen LogP contribution in [0.25, 0.3) is 0 Å². The molecule has 0 saturated carbocycles. The number of hydrogen-bond donors (Lipinski definition) is 0. The average Bonchev–Trinajstić information content (AvgIpc) is 2.75. The van der Waals surface area contributed by atoms with Gasteiger partial charge in [0, 0.05) is 18.5 Å². The third-order valence-electron chi connectivity index (χ3n) is 4.87. The number of hydrogen-bond acceptors (Lipinski definition) is 2. The third-order valence-corrected chi connectivity index (χ3v) is 4.87. The van der Waals surface area contributed by atoms with Gasteiger partial charge in [0.2, 0.25) is 0 Å². The van der Waals surface area contributed by atoms with Crippen molar-refractivity contribution in [2.75, 3.05) is 7.05 Å². The standard InChI is InChI=1S/C19H19FN2/c1-22-19(14-9-11-15(20)12-10-14)17-8-4-6-13-5-2-3-7-16(13)18(17)21-22/h2-3,5,7,9-12,17,19H,4,6,8H2,1H3/t17-,19+/m0/s1. The molecule has 0 spiro atoms. The van der Waals surface area contributed by atoms with Crippen LogP contribution in [0.1, 0.15) is 35.6 Å². The number of aryl methyl sites for hydroxylation is 1. The van der Waals surface area contributed by atoms with Crippen molar-refractivity contribution >= 4 is 5.71 Å². The lowest BCUT2D eigenvalue weighted by Gasteiger charge is -2.25. The van der Waals surface area contributed by atoms with Gasteiger partial charge in [0.15, 0.2) is 0 Å². The first kappa shape index (κ1) is 13.5. The Morgan fingerprint density at radius 2 is 1.86 bits per heavy atom. The molecule has 0 N–H and O–H groups in total. The summed E-state index contributed by atoms with van der Waals surface area (Å²) in [6, 6.07) is 15.7. The number of rotatable bonds is 1. The quantitative estimate of drug-likeness (QED) is 0.771. The number of hydrazone groups is 1. The second kappa shape index (κ2) is 5.24. The zero-order valence-corrected chi connectivity index (χ0v) is 12.7. The highest BCUT2D eigenvalue weighted by Gasteiger charge is 2.38. The van der Waals surface area contributed by atoms with E-state index >= 15 is 0 Å². The van der Waals surface area contributed by atoms with Crippen molar-refractivity contribution in [2.24, 2.45) is 11.0 Å². The first-order valence-electron chi connectivity index (χ1n) is 7.89. The van der Waals surface area contributed by atoms with Crippen molar-refractivity contribution < 1.29 is 4.39 Å². The Balaban J connectivity index is 1.76. The van der Waals surface area contributed by atoms with Crippen molar-refractivity contribution in [3.8, 4) is 0 Å². The summed E-state index contributed by atoms with van der Waals surface area (Å²) in [5.74, 6) is 0.205. The lowest BCUT2D eigenvalue weighted by molar-refractivity contribution is 0.243. The molecular formula is C19H19FN2. The molecule has 1 heterocycles. The summed E-state index contributed by atoms with van der Waals surface area (Å²) in [6.07, 6.45) is 3.41. The van der Waals surface area contributed by atoms with Gasteiger partial charge in [-0.25, -0.2) is 4.39 Å². The highest BCUT2D eigenvalue weighted by atomic mass is 19.1. The Morgan fingerprint density at radius 3 is 2.68 bits per heavy atom. The maximum absolute atomic E-state index is 13.2. The van der Waals surface area contributed by atoms with Crippen LogP contribution in [-0.4, -0.2) is 17.8 Å². The van der Waals surface area contributed by atoms with E-state index < -0.39 is 0 Å². The summed E-state index contributed by atoms with van der Waals surface area (Å²) in [5, 5.41) is 6.90. The topological polar surface area (TPSA) is 15.6 Å². The van der Waals surface area contributed by atoms with Crippen LogP contribution in [0.4, 0.5) is 4.39 Å². The molecule has 0 amide bonds. The summed E-state index contributed by atoms with van der Waals surface area (Å²) in [6.45, 7) is 0. The fraction of sp³-hybridized carbons (Fsp3) is 0.316. The molecule has 0 radical (unpaired) electrons. The molecule has 2 aromatic rings. The third kappa shape index (κ3) is 2.12. The van der Waals surface area contributed by atoms with Crippen molar-refractivity contribution in [2.45, 2.75) is 25.3 Å². The maximum Gasteiger partial charge on any atom is 0.123 e. The maximum atomic E-state index is 13.2. The molecule has 0 fully saturated rings. The molecule has 1 aliphatic heterocycles. The number of nitrogens with zero attached hydrogens (tertiary/aromatic N) is 2. The van der Waals surface area contributed by atoms with Gasteiger partial charge in [-0.3, -0.25) is 5.01 Å². The van der Waals surface area contributed by atoms with E-state index in [0.29, 0.717) is 5.92 Å². The second-order valence-electron chi connectivity index (χ2n) is 6.21. The molecule has 2 nitrogen and oxygen atoms in total. The van der Waals surface area contributed by atoms with Gasteiger partial charge in [-0.15, -0.1) is 0 Å². The minimum Gasteiger partial charge on any atom is -0.292 e. The van der Waals surface area contributed by atoms with Crippen LogP contribution in [-0.2, 0) is 6.42 Å². The van der Waals surface area contributed by atoms with Gasteiger partial charge in [0.25, 0.3) is 0 Å². The van der Waals surface area contributed by atoms with Crippen LogP contribution in [0.5, 0.6) is 0 Å². The van der Waals surface area contributed by atoms with Gasteiger partial charge < -0.3 is 0 Å². The Hall–Kier alpha value is -2.16. The first-order chi connectivity index (χ1) is 10.7. The van der Waals surface area contributed by atoms with E-state index in [4.69, 9.17) is 5.10 Å². The SMILES string of the molecule is CN1N=C2c3ccccc3CCC[C@@H]2[C@H]1c1ccc(F)cc1. The molecule has 112 valence electrons. The molecule has 4 rings (SSSR count). The lowest BCUT2D eigenvalue weighted by Crippen LogP contribution is -2.23. The molecule has 22 heavy (non-hydrogen) atoms. The van der Waals surface area contributed by atoms with E-state index in [1.165, 1.54) is 23.3 Å². The summed E-state index contributed by atoms with van der Waals surface area (Å²) in [7, 11) is 2.03. The van der Waals surface area contributed by atoms with Crippen LogP contribution in [0.2, 0.25) is 0 Å². The van der Waals surface area contributed by atoms with E-state index in [1.807, 2.05) is 19.2 Å². The van der Waals surface area contributed by atoms with Crippen LogP contribution < -0.4 is 0 Å². The summed E-state index contributed by atoms with van der Waals surface area (Å²) < 4.78 is 13.2. The van der Waals surface area contributed by atoms with Crippen LogP contribution in [0.15, 0.2) is 53.6 Å². The predicted molar refractivity (Wildman–Crippen MR) is 86.3 cm³/mol. The van der Waals surface area contributed by atoms with Gasteiger partial charge in [0.05, 0.1) is 11.8 Å². The molecular weight excluding hydrogens is 275 g/mol. The highest BCUT2D eigenvalue weighted by molar-refractivity contribution is 6.05. The van der Waals surface area contributed by atoms with E-state index in [-0.39, 0.29) is 11.9 Å². The van der Waals surface area contributed by atoms with Gasteiger partial charge in [-0.05, 0) is 42.5 Å². The van der Waals surface area contributed by atoms with Crippen molar-refractivity contribution in [3.63, 3.8) is 0 Å². The molecule has 0 aromatic heterocycles. The number of fused-ring (bicyclic) bond motifs is 3. The predicted octanol–water partition coefficient (Wildman–Crippen LogP) is 4.17. The Kier molecular flexibility index (Phi) is 3.21. The molecule has 1 aliphatic carbocycles. The van der Waals surface area contributed by atoms with E-state index in [9.17, 15) is 4.39 Å². The molecule has 3 heteroatoms. The molecule has 0 unspecified atom stereocenters. The van der Waals surface area contributed by atoms with Crippen molar-refractivity contribution in [1.29, 1.82) is 0 Å². The van der Waals surface area contributed by atoms with Crippen molar-refractivity contribution in [1.82, 2.24) is 5.01 Å². The summed E-state index contributed by atoms with van der Waals surface area (Å²) >= 11 is 0. The van der Waals surface area contributed by atoms with Gasteiger partial charge in [-0.2, -0.15) is 5.10 Å². The molecule has 0 bridgehead atoms. The van der Waals surface area contributed by atoms with Gasteiger partial charge >= 0.3 is 0 Å². The van der Waals surface area contributed by atoms with Gasteiger partial charge in [0.1, 0.15) is 5.82 Å². The molecule has 2 aliphatic rings. The fourth-order valence-corrected chi connectivity index (χ4v) is 3.87.